The molecule has 2 aromatic carbocycles. The highest BCUT2D eigenvalue weighted by atomic mass is 19.4. The van der Waals surface area contributed by atoms with Gasteiger partial charge in [-0.2, -0.15) is 13.2 Å². The summed E-state index contributed by atoms with van der Waals surface area (Å²) in [6, 6.07) is 14.9. The van der Waals surface area contributed by atoms with Crippen LogP contribution in [0.3, 0.4) is 0 Å². The fraction of sp³-hybridized carbons (Fsp3) is 0.333. The monoisotopic (exact) mass is 427 g/mol. The highest BCUT2D eigenvalue weighted by molar-refractivity contribution is 5.92. The van der Waals surface area contributed by atoms with Crippen molar-refractivity contribution >= 4 is 28.2 Å². The molecule has 0 aliphatic heterocycles. The number of rotatable bonds is 5. The summed E-state index contributed by atoms with van der Waals surface area (Å²) in [5.41, 5.74) is 1.22. The largest absolute Gasteiger partial charge is 0.416 e. The molecule has 0 unspecified atom stereocenters. The highest BCUT2D eigenvalue weighted by Gasteiger charge is 2.31. The van der Waals surface area contributed by atoms with Gasteiger partial charge in [-0.15, -0.1) is 0 Å². The average Bonchev–Trinajstić information content (AvgIpc) is 2.77. The number of carbonyl (C=O) groups excluding carboxylic acids is 1. The minimum absolute atomic E-state index is 0.0130. The summed E-state index contributed by atoms with van der Waals surface area (Å²) in [6.07, 6.45) is 0.663. The molecule has 7 heteroatoms. The Bertz CT molecular complexity index is 1040. The lowest BCUT2D eigenvalue weighted by Crippen LogP contribution is -2.29. The van der Waals surface area contributed by atoms with E-state index in [-0.39, 0.29) is 11.8 Å². The first-order valence-electron chi connectivity index (χ1n) is 10.5. The van der Waals surface area contributed by atoms with Crippen molar-refractivity contribution in [3.63, 3.8) is 0 Å². The number of para-hydroxylation sites is 1. The number of hydrogen-bond acceptors (Lipinski definition) is 3. The van der Waals surface area contributed by atoms with Crippen molar-refractivity contribution in [1.82, 2.24) is 4.98 Å². The third-order valence-electron chi connectivity index (χ3n) is 5.91. The first-order valence-corrected chi connectivity index (χ1v) is 10.5. The standard InChI is InChI=1S/C24H24F3N3O/c25-24(26,27)18-10-11-20-21(12-13-28-22(20)14-18)29-15-16-6-8-17(9-7-16)23(31)30-19-4-2-1-3-5-19/h1-5,10-14,16-17H,6-9,15H2,(H,28,29)(H,30,31)/t16-,17-. The third-order valence-corrected chi connectivity index (χ3v) is 5.91. The lowest BCUT2D eigenvalue weighted by atomic mass is 9.81. The second-order valence-corrected chi connectivity index (χ2v) is 8.04. The van der Waals surface area contributed by atoms with E-state index in [9.17, 15) is 18.0 Å². The number of pyridine rings is 1. The number of hydrogen-bond donors (Lipinski definition) is 2. The average molecular weight is 427 g/mol. The summed E-state index contributed by atoms with van der Waals surface area (Å²) in [5, 5.41) is 7.03. The normalized spacial score (nSPS) is 19.2. The lowest BCUT2D eigenvalue weighted by molar-refractivity contribution is -0.137. The molecule has 1 aliphatic rings. The van der Waals surface area contributed by atoms with Gasteiger partial charge in [-0.3, -0.25) is 9.78 Å². The molecule has 162 valence electrons. The molecule has 1 fully saturated rings. The number of halogens is 3. The second-order valence-electron chi connectivity index (χ2n) is 8.04. The maximum absolute atomic E-state index is 12.9. The van der Waals surface area contributed by atoms with Crippen LogP contribution in [0.1, 0.15) is 31.2 Å². The number of anilines is 2. The number of benzene rings is 2. The van der Waals surface area contributed by atoms with Crippen LogP contribution in [0.5, 0.6) is 0 Å². The number of alkyl halides is 3. The minimum Gasteiger partial charge on any atom is -0.384 e. The van der Waals surface area contributed by atoms with Crippen LogP contribution in [-0.2, 0) is 11.0 Å². The molecule has 0 spiro atoms. The molecule has 1 amide bonds. The van der Waals surface area contributed by atoms with E-state index >= 15 is 0 Å². The van der Waals surface area contributed by atoms with Gasteiger partial charge >= 0.3 is 6.18 Å². The molecule has 0 saturated heterocycles. The van der Waals surface area contributed by atoms with Gasteiger partial charge in [0.1, 0.15) is 0 Å². The lowest BCUT2D eigenvalue weighted by Gasteiger charge is -2.28. The van der Waals surface area contributed by atoms with Crippen LogP contribution >= 0.6 is 0 Å². The van der Waals surface area contributed by atoms with E-state index in [1.165, 1.54) is 12.3 Å². The van der Waals surface area contributed by atoms with Crippen LogP contribution in [0.25, 0.3) is 10.9 Å². The summed E-state index contributed by atoms with van der Waals surface area (Å²) in [6.45, 7) is 0.715. The molecule has 1 heterocycles. The molecular formula is C24H24F3N3O. The van der Waals surface area contributed by atoms with E-state index in [0.29, 0.717) is 23.4 Å². The SMILES string of the molecule is O=C(Nc1ccccc1)[C@H]1CC[C@H](CNc2ccnc3cc(C(F)(F)F)ccc23)CC1. The Balaban J connectivity index is 1.32. The smallest absolute Gasteiger partial charge is 0.384 e. The number of carbonyl (C=O) groups is 1. The fourth-order valence-electron chi connectivity index (χ4n) is 4.13. The van der Waals surface area contributed by atoms with Gasteiger partial charge < -0.3 is 10.6 Å². The highest BCUT2D eigenvalue weighted by Crippen LogP contribution is 2.33. The Kier molecular flexibility index (Phi) is 6.11. The molecule has 1 saturated carbocycles. The molecule has 31 heavy (non-hydrogen) atoms. The predicted octanol–water partition coefficient (Wildman–Crippen LogP) is 6.11. The maximum atomic E-state index is 12.9. The van der Waals surface area contributed by atoms with E-state index in [1.807, 2.05) is 30.3 Å². The van der Waals surface area contributed by atoms with Gasteiger partial charge in [-0.05, 0) is 61.9 Å². The maximum Gasteiger partial charge on any atom is 0.416 e. The quantitative estimate of drug-likeness (QED) is 0.516. The van der Waals surface area contributed by atoms with E-state index in [0.717, 1.165) is 49.2 Å². The van der Waals surface area contributed by atoms with Crippen LogP contribution in [0.2, 0.25) is 0 Å². The van der Waals surface area contributed by atoms with Crippen LogP contribution in [0.4, 0.5) is 24.5 Å². The van der Waals surface area contributed by atoms with E-state index < -0.39 is 11.7 Å². The van der Waals surface area contributed by atoms with E-state index in [1.54, 1.807) is 6.07 Å². The van der Waals surface area contributed by atoms with Gasteiger partial charge in [0.25, 0.3) is 0 Å². The van der Waals surface area contributed by atoms with Gasteiger partial charge in [0.05, 0.1) is 11.1 Å². The number of nitrogens with zero attached hydrogens (tertiary/aromatic N) is 1. The van der Waals surface area contributed by atoms with Gasteiger partial charge in [0, 0.05) is 35.4 Å². The van der Waals surface area contributed by atoms with Gasteiger partial charge in [0.15, 0.2) is 0 Å². The molecule has 2 N–H and O–H groups in total. The number of aromatic nitrogens is 1. The summed E-state index contributed by atoms with van der Waals surface area (Å²) in [5.74, 6) is 0.496. The van der Waals surface area contributed by atoms with Crippen LogP contribution in [0.15, 0.2) is 60.8 Å². The van der Waals surface area contributed by atoms with Crippen molar-refractivity contribution in [3.8, 4) is 0 Å². The first-order chi connectivity index (χ1) is 14.9. The van der Waals surface area contributed by atoms with Crippen LogP contribution < -0.4 is 10.6 Å². The molecule has 1 aliphatic carbocycles. The molecule has 0 bridgehead atoms. The molecule has 4 nitrogen and oxygen atoms in total. The first kappa shape index (κ1) is 21.2. The van der Waals surface area contributed by atoms with Crippen molar-refractivity contribution < 1.29 is 18.0 Å². The van der Waals surface area contributed by atoms with Crippen molar-refractivity contribution in [2.75, 3.05) is 17.2 Å². The van der Waals surface area contributed by atoms with Crippen molar-refractivity contribution in [2.24, 2.45) is 11.8 Å². The second kappa shape index (κ2) is 8.96. The van der Waals surface area contributed by atoms with Gasteiger partial charge in [-0.1, -0.05) is 24.3 Å². The fourth-order valence-corrected chi connectivity index (χ4v) is 4.13. The Morgan fingerprint density at radius 3 is 2.45 bits per heavy atom. The number of fused-ring (bicyclic) bond motifs is 1. The minimum atomic E-state index is -4.38. The van der Waals surface area contributed by atoms with Crippen LogP contribution in [0, 0.1) is 11.8 Å². The summed E-state index contributed by atoms with van der Waals surface area (Å²) >= 11 is 0. The number of amides is 1. The summed E-state index contributed by atoms with van der Waals surface area (Å²) in [4.78, 5) is 16.6. The Hall–Kier alpha value is -3.09. The van der Waals surface area contributed by atoms with Gasteiger partial charge in [0.2, 0.25) is 5.91 Å². The third kappa shape index (κ3) is 5.16. The summed E-state index contributed by atoms with van der Waals surface area (Å²) < 4.78 is 38.8. The van der Waals surface area contributed by atoms with Crippen molar-refractivity contribution in [3.05, 3.63) is 66.4 Å². The van der Waals surface area contributed by atoms with E-state index in [4.69, 9.17) is 0 Å². The zero-order valence-corrected chi connectivity index (χ0v) is 17.0. The van der Waals surface area contributed by atoms with Crippen LogP contribution in [-0.4, -0.2) is 17.4 Å². The predicted molar refractivity (Wildman–Crippen MR) is 116 cm³/mol. The molecule has 0 radical (unpaired) electrons. The molecule has 4 rings (SSSR count). The Morgan fingerprint density at radius 1 is 1.00 bits per heavy atom. The zero-order chi connectivity index (χ0) is 21.8. The Labute approximate surface area is 178 Å². The molecule has 1 aromatic heterocycles. The van der Waals surface area contributed by atoms with E-state index in [2.05, 4.69) is 15.6 Å². The van der Waals surface area contributed by atoms with Crippen molar-refractivity contribution in [1.29, 1.82) is 0 Å². The van der Waals surface area contributed by atoms with Crippen molar-refractivity contribution in [2.45, 2.75) is 31.9 Å². The molecule has 3 aromatic rings. The van der Waals surface area contributed by atoms with Gasteiger partial charge in [-0.25, -0.2) is 0 Å². The topological polar surface area (TPSA) is 54.0 Å². The molecule has 0 atom stereocenters. The summed E-state index contributed by atoms with van der Waals surface area (Å²) in [7, 11) is 0. The number of nitrogens with one attached hydrogen (secondary N) is 2. The Morgan fingerprint density at radius 2 is 1.74 bits per heavy atom. The zero-order valence-electron chi connectivity index (χ0n) is 17.0. The molecular weight excluding hydrogens is 403 g/mol.